The molecule has 1 aliphatic heterocycles. The molecule has 112 valence electrons. The van der Waals surface area contributed by atoms with Crippen LogP contribution in [-0.2, 0) is 14.2 Å². The number of rotatable bonds is 2. The standard InChI is InChI=1S/C16H18O5/c1-16(2)20-13-11(17)8-9-12(14(13)21-16)19-15(18)10-6-4-3-5-7-10/h3-9,11-14,17H,1-2H3/t11-,12-,13+,14+/m1/s1. The highest BCUT2D eigenvalue weighted by Gasteiger charge is 2.50. The highest BCUT2D eigenvalue weighted by atomic mass is 16.8. The molecule has 0 saturated carbocycles. The maximum Gasteiger partial charge on any atom is 0.338 e. The van der Waals surface area contributed by atoms with Gasteiger partial charge < -0.3 is 19.3 Å². The molecule has 0 aromatic heterocycles. The Morgan fingerprint density at radius 1 is 1.14 bits per heavy atom. The number of hydrogen-bond acceptors (Lipinski definition) is 5. The van der Waals surface area contributed by atoms with E-state index in [0.29, 0.717) is 5.56 Å². The molecule has 0 amide bonds. The van der Waals surface area contributed by atoms with Gasteiger partial charge in [-0.1, -0.05) is 24.3 Å². The molecule has 1 fully saturated rings. The summed E-state index contributed by atoms with van der Waals surface area (Å²) in [6.07, 6.45) is 0.856. The predicted octanol–water partition coefficient (Wildman–Crippen LogP) is 1.66. The number of hydrogen-bond donors (Lipinski definition) is 1. The SMILES string of the molecule is CC1(C)O[C@@H]2[C@@H](O1)[C@H](OC(=O)c1ccccc1)C=C[C@H]2O. The summed E-state index contributed by atoms with van der Waals surface area (Å²) in [5.74, 6) is -1.23. The number of aliphatic hydroxyl groups is 1. The molecule has 0 spiro atoms. The van der Waals surface area contributed by atoms with Gasteiger partial charge in [0.25, 0.3) is 0 Å². The first kappa shape index (κ1) is 14.3. The van der Waals surface area contributed by atoms with Gasteiger partial charge in [-0.05, 0) is 32.1 Å². The molecule has 5 nitrogen and oxygen atoms in total. The lowest BCUT2D eigenvalue weighted by Crippen LogP contribution is -2.46. The second kappa shape index (κ2) is 5.26. The van der Waals surface area contributed by atoms with Gasteiger partial charge in [0.1, 0.15) is 24.4 Å². The Kier molecular flexibility index (Phi) is 3.57. The first-order valence-corrected chi connectivity index (χ1v) is 6.94. The summed E-state index contributed by atoms with van der Waals surface area (Å²) >= 11 is 0. The second-order valence-corrected chi connectivity index (χ2v) is 5.68. The van der Waals surface area contributed by atoms with Crippen molar-refractivity contribution in [1.82, 2.24) is 0 Å². The Bertz CT molecular complexity index is 551. The van der Waals surface area contributed by atoms with Gasteiger partial charge in [-0.15, -0.1) is 0 Å². The van der Waals surface area contributed by atoms with Crippen molar-refractivity contribution in [3.63, 3.8) is 0 Å². The molecule has 5 heteroatoms. The fourth-order valence-corrected chi connectivity index (χ4v) is 2.65. The third-order valence-corrected chi connectivity index (χ3v) is 3.57. The maximum absolute atomic E-state index is 12.1. The van der Waals surface area contributed by atoms with Crippen LogP contribution in [-0.4, -0.2) is 41.3 Å². The molecular weight excluding hydrogens is 272 g/mol. The molecule has 1 aromatic carbocycles. The Labute approximate surface area is 123 Å². The number of benzene rings is 1. The second-order valence-electron chi connectivity index (χ2n) is 5.68. The Hall–Kier alpha value is -1.69. The quantitative estimate of drug-likeness (QED) is 0.663. The molecule has 2 aliphatic rings. The lowest BCUT2D eigenvalue weighted by Gasteiger charge is -2.29. The molecular formula is C16H18O5. The zero-order valence-electron chi connectivity index (χ0n) is 11.9. The molecule has 1 heterocycles. The topological polar surface area (TPSA) is 65.0 Å². The van der Waals surface area contributed by atoms with Crippen molar-refractivity contribution >= 4 is 5.97 Å². The van der Waals surface area contributed by atoms with E-state index in [-0.39, 0.29) is 0 Å². The van der Waals surface area contributed by atoms with Gasteiger partial charge in [0.2, 0.25) is 0 Å². The molecule has 0 radical (unpaired) electrons. The Balaban J connectivity index is 1.76. The van der Waals surface area contributed by atoms with Crippen LogP contribution in [0.3, 0.4) is 0 Å². The number of carbonyl (C=O) groups is 1. The molecule has 3 rings (SSSR count). The minimum absolute atomic E-state index is 0.423. The molecule has 1 aromatic rings. The van der Waals surface area contributed by atoms with Crippen LogP contribution in [0.25, 0.3) is 0 Å². The van der Waals surface area contributed by atoms with Gasteiger partial charge in [-0.2, -0.15) is 0 Å². The van der Waals surface area contributed by atoms with Crippen LogP contribution in [0, 0.1) is 0 Å². The minimum Gasteiger partial charge on any atom is -0.452 e. The molecule has 1 N–H and O–H groups in total. The number of esters is 1. The monoisotopic (exact) mass is 290 g/mol. The van der Waals surface area contributed by atoms with Crippen LogP contribution in [0.1, 0.15) is 24.2 Å². The largest absolute Gasteiger partial charge is 0.452 e. The van der Waals surface area contributed by atoms with E-state index in [1.807, 2.05) is 6.07 Å². The number of carbonyl (C=O) groups excluding carboxylic acids is 1. The van der Waals surface area contributed by atoms with Crippen molar-refractivity contribution in [3.05, 3.63) is 48.0 Å². The Morgan fingerprint density at radius 2 is 1.81 bits per heavy atom. The molecule has 0 bridgehead atoms. The highest BCUT2D eigenvalue weighted by molar-refractivity contribution is 5.89. The van der Waals surface area contributed by atoms with Gasteiger partial charge in [-0.3, -0.25) is 0 Å². The minimum atomic E-state index is -0.806. The zero-order chi connectivity index (χ0) is 15.0. The van der Waals surface area contributed by atoms with Gasteiger partial charge in [0, 0.05) is 0 Å². The average molecular weight is 290 g/mol. The van der Waals surface area contributed by atoms with Gasteiger partial charge >= 0.3 is 5.97 Å². The van der Waals surface area contributed by atoms with Crippen molar-refractivity contribution in [1.29, 1.82) is 0 Å². The maximum atomic E-state index is 12.1. The summed E-state index contributed by atoms with van der Waals surface area (Å²) in [5, 5.41) is 9.95. The van der Waals surface area contributed by atoms with E-state index in [0.717, 1.165) is 0 Å². The fourth-order valence-electron chi connectivity index (χ4n) is 2.65. The molecule has 1 saturated heterocycles. The average Bonchev–Trinajstić information content (AvgIpc) is 2.79. The van der Waals surface area contributed by atoms with E-state index >= 15 is 0 Å². The summed E-state index contributed by atoms with van der Waals surface area (Å²) in [7, 11) is 0. The van der Waals surface area contributed by atoms with E-state index in [9.17, 15) is 9.90 Å². The summed E-state index contributed by atoms with van der Waals surface area (Å²) in [6.45, 7) is 3.54. The van der Waals surface area contributed by atoms with E-state index < -0.39 is 36.2 Å². The van der Waals surface area contributed by atoms with Crippen molar-refractivity contribution in [2.75, 3.05) is 0 Å². The normalized spacial score (nSPS) is 33.5. The molecule has 0 unspecified atom stereocenters. The van der Waals surface area contributed by atoms with Crippen molar-refractivity contribution in [2.24, 2.45) is 0 Å². The molecule has 1 aliphatic carbocycles. The highest BCUT2D eigenvalue weighted by Crippen LogP contribution is 2.35. The van der Waals surface area contributed by atoms with Gasteiger partial charge in [-0.25, -0.2) is 4.79 Å². The van der Waals surface area contributed by atoms with Gasteiger partial charge in [0.15, 0.2) is 5.79 Å². The van der Waals surface area contributed by atoms with E-state index in [1.165, 1.54) is 0 Å². The fraction of sp³-hybridized carbons (Fsp3) is 0.438. The third kappa shape index (κ3) is 2.85. The Morgan fingerprint density at radius 3 is 2.52 bits per heavy atom. The van der Waals surface area contributed by atoms with E-state index in [4.69, 9.17) is 14.2 Å². The number of fused-ring (bicyclic) bond motifs is 1. The van der Waals surface area contributed by atoms with E-state index in [1.54, 1.807) is 50.3 Å². The van der Waals surface area contributed by atoms with Crippen molar-refractivity contribution in [2.45, 2.75) is 44.1 Å². The first-order chi connectivity index (χ1) is 9.96. The molecule has 21 heavy (non-hydrogen) atoms. The van der Waals surface area contributed by atoms with Crippen LogP contribution in [0.5, 0.6) is 0 Å². The zero-order valence-corrected chi connectivity index (χ0v) is 11.9. The third-order valence-electron chi connectivity index (χ3n) is 3.57. The van der Waals surface area contributed by atoms with Gasteiger partial charge in [0.05, 0.1) is 5.56 Å². The van der Waals surface area contributed by atoms with Crippen molar-refractivity contribution < 1.29 is 24.1 Å². The summed E-state index contributed by atoms with van der Waals surface area (Å²) < 4.78 is 16.9. The first-order valence-electron chi connectivity index (χ1n) is 6.94. The summed E-state index contributed by atoms with van der Waals surface area (Å²) in [5.41, 5.74) is 0.478. The van der Waals surface area contributed by atoms with E-state index in [2.05, 4.69) is 0 Å². The smallest absolute Gasteiger partial charge is 0.338 e. The molecule has 4 atom stereocenters. The van der Waals surface area contributed by atoms with Crippen LogP contribution in [0.2, 0.25) is 0 Å². The van der Waals surface area contributed by atoms with Crippen LogP contribution in [0.4, 0.5) is 0 Å². The summed E-state index contributed by atoms with van der Waals surface area (Å²) in [6, 6.07) is 8.77. The lowest BCUT2D eigenvalue weighted by molar-refractivity contribution is -0.156. The lowest BCUT2D eigenvalue weighted by atomic mass is 9.96. The summed E-state index contributed by atoms with van der Waals surface area (Å²) in [4.78, 5) is 12.1. The number of aliphatic hydroxyl groups excluding tert-OH is 1. The van der Waals surface area contributed by atoms with Crippen LogP contribution in [0.15, 0.2) is 42.5 Å². The predicted molar refractivity (Wildman–Crippen MR) is 74.6 cm³/mol. The van der Waals surface area contributed by atoms with Crippen LogP contribution >= 0.6 is 0 Å². The van der Waals surface area contributed by atoms with Crippen molar-refractivity contribution in [3.8, 4) is 0 Å². The van der Waals surface area contributed by atoms with Crippen LogP contribution < -0.4 is 0 Å². The number of ether oxygens (including phenoxy) is 3.